The number of morpholine rings is 1. The number of hydrogen-bond acceptors (Lipinski definition) is 5. The summed E-state index contributed by atoms with van der Waals surface area (Å²) in [5.74, 6) is -0.521. The summed E-state index contributed by atoms with van der Waals surface area (Å²) in [7, 11) is 0. The zero-order valence-electron chi connectivity index (χ0n) is 18.4. The molecule has 0 spiro atoms. The van der Waals surface area contributed by atoms with E-state index in [0.29, 0.717) is 41.6 Å². The van der Waals surface area contributed by atoms with E-state index in [0.717, 1.165) is 19.6 Å². The fourth-order valence-electron chi connectivity index (χ4n) is 4.35. The van der Waals surface area contributed by atoms with Gasteiger partial charge in [0.25, 0.3) is 5.91 Å². The molecule has 10 heteroatoms. The lowest BCUT2D eigenvalue weighted by molar-refractivity contribution is -0.131. The smallest absolute Gasteiger partial charge is 0.322 e. The molecule has 4 rings (SSSR count). The van der Waals surface area contributed by atoms with Crippen LogP contribution in [0.25, 0.3) is 0 Å². The van der Waals surface area contributed by atoms with Gasteiger partial charge in [0.2, 0.25) is 5.91 Å². The van der Waals surface area contributed by atoms with Crippen molar-refractivity contribution in [2.45, 2.75) is 6.04 Å². The van der Waals surface area contributed by atoms with Crippen molar-refractivity contribution in [1.82, 2.24) is 25.3 Å². The number of benzene rings is 1. The van der Waals surface area contributed by atoms with Gasteiger partial charge in [0.15, 0.2) is 0 Å². The molecule has 1 atom stereocenters. The number of urea groups is 1. The van der Waals surface area contributed by atoms with Crippen LogP contribution >= 0.6 is 11.6 Å². The Hall–Kier alpha value is -2.88. The van der Waals surface area contributed by atoms with Gasteiger partial charge in [-0.3, -0.25) is 19.4 Å². The SMILES string of the molecule is C=CCN1C(=O)N[C@@H](c2ccccc2Cl)C2=C1CN(CC(=O)NCCN1CCOCC1)C2=O. The number of nitrogens with one attached hydrogen (secondary N) is 2. The van der Waals surface area contributed by atoms with E-state index in [1.54, 1.807) is 24.3 Å². The Labute approximate surface area is 198 Å². The van der Waals surface area contributed by atoms with Crippen LogP contribution < -0.4 is 10.6 Å². The van der Waals surface area contributed by atoms with E-state index in [1.165, 1.54) is 9.80 Å². The summed E-state index contributed by atoms with van der Waals surface area (Å²) in [6.07, 6.45) is 1.60. The summed E-state index contributed by atoms with van der Waals surface area (Å²) >= 11 is 6.38. The van der Waals surface area contributed by atoms with E-state index in [9.17, 15) is 14.4 Å². The number of rotatable bonds is 8. The molecular weight excluding hydrogens is 446 g/mol. The fourth-order valence-corrected chi connectivity index (χ4v) is 4.59. The number of amides is 4. The molecule has 1 aromatic carbocycles. The summed E-state index contributed by atoms with van der Waals surface area (Å²) in [5.41, 5.74) is 1.66. The highest BCUT2D eigenvalue weighted by atomic mass is 35.5. The first-order valence-corrected chi connectivity index (χ1v) is 11.4. The van der Waals surface area contributed by atoms with Crippen LogP contribution in [0.15, 0.2) is 48.2 Å². The number of carbonyl (C=O) groups excluding carboxylic acids is 3. The lowest BCUT2D eigenvalue weighted by Gasteiger charge is -2.33. The van der Waals surface area contributed by atoms with Crippen molar-refractivity contribution in [3.05, 3.63) is 58.8 Å². The molecule has 33 heavy (non-hydrogen) atoms. The van der Waals surface area contributed by atoms with Crippen LogP contribution in [-0.4, -0.2) is 91.6 Å². The molecule has 1 fully saturated rings. The van der Waals surface area contributed by atoms with Crippen molar-refractivity contribution in [2.24, 2.45) is 0 Å². The second-order valence-corrected chi connectivity index (χ2v) is 8.54. The monoisotopic (exact) mass is 473 g/mol. The molecular formula is C23H28ClN5O4. The van der Waals surface area contributed by atoms with E-state index in [2.05, 4.69) is 22.1 Å². The summed E-state index contributed by atoms with van der Waals surface area (Å²) < 4.78 is 5.33. The van der Waals surface area contributed by atoms with Gasteiger partial charge in [-0.1, -0.05) is 35.9 Å². The van der Waals surface area contributed by atoms with Gasteiger partial charge in [-0.05, 0) is 11.6 Å². The van der Waals surface area contributed by atoms with E-state index < -0.39 is 6.04 Å². The predicted octanol–water partition coefficient (Wildman–Crippen LogP) is 1.14. The third-order valence-corrected chi connectivity index (χ3v) is 6.36. The highest BCUT2D eigenvalue weighted by molar-refractivity contribution is 6.31. The Balaban J connectivity index is 1.46. The van der Waals surface area contributed by atoms with Crippen LogP contribution in [0.2, 0.25) is 5.02 Å². The Bertz CT molecular complexity index is 975. The summed E-state index contributed by atoms with van der Waals surface area (Å²) in [6.45, 7) is 8.39. The van der Waals surface area contributed by atoms with Gasteiger partial charge in [0, 0.05) is 37.7 Å². The minimum Gasteiger partial charge on any atom is -0.379 e. The lowest BCUT2D eigenvalue weighted by atomic mass is 9.95. The molecule has 0 unspecified atom stereocenters. The van der Waals surface area contributed by atoms with Crippen LogP contribution in [0.5, 0.6) is 0 Å². The van der Waals surface area contributed by atoms with Gasteiger partial charge < -0.3 is 20.3 Å². The molecule has 1 saturated heterocycles. The molecule has 3 heterocycles. The molecule has 2 N–H and O–H groups in total. The molecule has 0 radical (unpaired) electrons. The van der Waals surface area contributed by atoms with Crippen LogP contribution in [0.3, 0.4) is 0 Å². The van der Waals surface area contributed by atoms with Crippen molar-refractivity contribution < 1.29 is 19.1 Å². The minimum absolute atomic E-state index is 0.0830. The average Bonchev–Trinajstić information content (AvgIpc) is 3.12. The first-order valence-electron chi connectivity index (χ1n) is 11.0. The van der Waals surface area contributed by atoms with Crippen molar-refractivity contribution in [1.29, 1.82) is 0 Å². The fraction of sp³-hybridized carbons (Fsp3) is 0.435. The van der Waals surface area contributed by atoms with Gasteiger partial charge >= 0.3 is 6.03 Å². The summed E-state index contributed by atoms with van der Waals surface area (Å²) in [6, 6.07) is 6.10. The van der Waals surface area contributed by atoms with Crippen molar-refractivity contribution in [3.63, 3.8) is 0 Å². The molecule has 0 saturated carbocycles. The van der Waals surface area contributed by atoms with E-state index in [4.69, 9.17) is 16.3 Å². The van der Waals surface area contributed by atoms with Crippen LogP contribution in [0.1, 0.15) is 11.6 Å². The predicted molar refractivity (Wildman–Crippen MR) is 124 cm³/mol. The second kappa shape index (κ2) is 10.4. The van der Waals surface area contributed by atoms with Crippen molar-refractivity contribution >= 4 is 29.4 Å². The standard InChI is InChI=1S/C23H28ClN5O4/c1-2-8-29-18-14-28(15-19(30)25-7-9-27-10-12-33-13-11-27)22(31)20(18)21(26-23(29)32)16-5-3-4-6-17(16)24/h2-6,21H,1,7-15H2,(H,25,30)(H,26,32)/t21-/m0/s1. The van der Waals surface area contributed by atoms with Crippen molar-refractivity contribution in [2.75, 3.05) is 59.0 Å². The van der Waals surface area contributed by atoms with Crippen LogP contribution in [0, 0.1) is 0 Å². The van der Waals surface area contributed by atoms with Gasteiger partial charge in [-0.15, -0.1) is 6.58 Å². The average molecular weight is 474 g/mol. The molecule has 0 aromatic heterocycles. The normalized spacial score (nSPS) is 21.2. The Kier molecular flexibility index (Phi) is 7.32. The maximum atomic E-state index is 13.4. The molecule has 0 bridgehead atoms. The van der Waals surface area contributed by atoms with E-state index in [-0.39, 0.29) is 37.5 Å². The quantitative estimate of drug-likeness (QED) is 0.552. The third kappa shape index (κ3) is 5.05. The third-order valence-electron chi connectivity index (χ3n) is 6.01. The lowest BCUT2D eigenvalue weighted by Crippen LogP contribution is -2.47. The first-order chi connectivity index (χ1) is 16.0. The van der Waals surface area contributed by atoms with Gasteiger partial charge in [-0.2, -0.15) is 0 Å². The maximum absolute atomic E-state index is 13.4. The first kappa shape index (κ1) is 23.3. The number of nitrogens with zero attached hydrogens (tertiary/aromatic N) is 3. The number of ether oxygens (including phenoxy) is 1. The molecule has 4 amide bonds. The summed E-state index contributed by atoms with van der Waals surface area (Å²) in [5, 5.41) is 6.23. The van der Waals surface area contributed by atoms with Crippen LogP contribution in [-0.2, 0) is 14.3 Å². The van der Waals surface area contributed by atoms with Gasteiger partial charge in [0.1, 0.15) is 6.54 Å². The number of hydrogen-bond donors (Lipinski definition) is 2. The largest absolute Gasteiger partial charge is 0.379 e. The zero-order valence-corrected chi connectivity index (χ0v) is 19.1. The molecule has 176 valence electrons. The molecule has 0 aliphatic carbocycles. The topological polar surface area (TPSA) is 94.2 Å². The van der Waals surface area contributed by atoms with Gasteiger partial charge in [-0.25, -0.2) is 4.79 Å². The van der Waals surface area contributed by atoms with Crippen molar-refractivity contribution in [3.8, 4) is 0 Å². The maximum Gasteiger partial charge on any atom is 0.322 e. The Morgan fingerprint density at radius 3 is 2.76 bits per heavy atom. The van der Waals surface area contributed by atoms with E-state index in [1.807, 2.05) is 6.07 Å². The van der Waals surface area contributed by atoms with Gasteiger partial charge in [0.05, 0.1) is 37.1 Å². The Morgan fingerprint density at radius 1 is 1.27 bits per heavy atom. The minimum atomic E-state index is -0.677. The number of halogens is 1. The zero-order chi connectivity index (χ0) is 23.4. The summed E-state index contributed by atoms with van der Waals surface area (Å²) in [4.78, 5) is 43.9. The highest BCUT2D eigenvalue weighted by Crippen LogP contribution is 2.38. The molecule has 1 aromatic rings. The Morgan fingerprint density at radius 2 is 2.03 bits per heavy atom. The van der Waals surface area contributed by atoms with Crippen LogP contribution in [0.4, 0.5) is 4.79 Å². The second-order valence-electron chi connectivity index (χ2n) is 8.13. The molecule has 9 nitrogen and oxygen atoms in total. The highest BCUT2D eigenvalue weighted by Gasteiger charge is 2.44. The molecule has 3 aliphatic heterocycles. The van der Waals surface area contributed by atoms with E-state index >= 15 is 0 Å². The molecule has 3 aliphatic rings. The number of carbonyl (C=O) groups is 3.